The summed E-state index contributed by atoms with van der Waals surface area (Å²) in [6.07, 6.45) is 3.15. The smallest absolute Gasteiger partial charge is 0.106 e. The number of aliphatic hydroxyl groups is 1. The van der Waals surface area contributed by atoms with E-state index in [4.69, 9.17) is 0 Å². The van der Waals surface area contributed by atoms with Crippen molar-refractivity contribution >= 4 is 22.7 Å². The molecule has 2 aromatic carbocycles. The maximum absolute atomic E-state index is 10.6. The van der Waals surface area contributed by atoms with Crippen molar-refractivity contribution in [2.75, 3.05) is 6.26 Å². The fourth-order valence-corrected chi connectivity index (χ4v) is 2.72. The molecule has 1 heterocycles. The van der Waals surface area contributed by atoms with Crippen LogP contribution in [0.5, 0.6) is 0 Å². The van der Waals surface area contributed by atoms with Crippen molar-refractivity contribution in [3.63, 3.8) is 0 Å². The van der Waals surface area contributed by atoms with Crippen LogP contribution in [0.3, 0.4) is 0 Å². The highest BCUT2D eigenvalue weighted by Crippen LogP contribution is 2.28. The van der Waals surface area contributed by atoms with Crippen LogP contribution in [0.2, 0.25) is 0 Å². The summed E-state index contributed by atoms with van der Waals surface area (Å²) in [4.78, 5) is 5.59. The highest BCUT2D eigenvalue weighted by Gasteiger charge is 2.14. The Morgan fingerprint density at radius 1 is 1.00 bits per heavy atom. The third kappa shape index (κ3) is 2.42. The van der Waals surface area contributed by atoms with Gasteiger partial charge in [-0.1, -0.05) is 36.4 Å². The van der Waals surface area contributed by atoms with E-state index in [1.807, 2.05) is 60.9 Å². The van der Waals surface area contributed by atoms with Gasteiger partial charge in [-0.2, -0.15) is 0 Å². The lowest BCUT2D eigenvalue weighted by Crippen LogP contribution is -2.01. The Kier molecular flexibility index (Phi) is 3.72. The molecule has 0 radical (unpaired) electrons. The number of pyridine rings is 1. The third-order valence-electron chi connectivity index (χ3n) is 3.39. The molecule has 0 aliphatic heterocycles. The summed E-state index contributed by atoms with van der Waals surface area (Å²) in [6, 6.07) is 17.8. The molecule has 0 fully saturated rings. The summed E-state index contributed by atoms with van der Waals surface area (Å²) < 4.78 is 0. The van der Waals surface area contributed by atoms with Crippen LogP contribution in [-0.2, 0) is 0 Å². The monoisotopic (exact) mass is 281 g/mol. The molecule has 0 spiro atoms. The maximum atomic E-state index is 10.6. The molecule has 1 atom stereocenters. The molecule has 0 aliphatic rings. The van der Waals surface area contributed by atoms with Crippen molar-refractivity contribution in [1.82, 2.24) is 4.98 Å². The lowest BCUT2D eigenvalue weighted by molar-refractivity contribution is 0.221. The Bertz CT molecular complexity index is 719. The van der Waals surface area contributed by atoms with E-state index in [2.05, 4.69) is 4.98 Å². The first-order valence-electron chi connectivity index (χ1n) is 6.45. The minimum absolute atomic E-state index is 0.649. The zero-order valence-corrected chi connectivity index (χ0v) is 12.0. The molecule has 3 heteroatoms. The van der Waals surface area contributed by atoms with Gasteiger partial charge in [-0.25, -0.2) is 0 Å². The van der Waals surface area contributed by atoms with E-state index in [1.54, 1.807) is 18.0 Å². The second-order valence-electron chi connectivity index (χ2n) is 4.60. The van der Waals surface area contributed by atoms with Gasteiger partial charge >= 0.3 is 0 Å². The first-order valence-corrected chi connectivity index (χ1v) is 7.68. The van der Waals surface area contributed by atoms with Gasteiger partial charge in [0.1, 0.15) is 6.10 Å². The Morgan fingerprint density at radius 3 is 2.50 bits per heavy atom. The minimum atomic E-state index is -0.649. The van der Waals surface area contributed by atoms with Crippen LogP contribution in [0, 0.1) is 0 Å². The van der Waals surface area contributed by atoms with E-state index in [0.717, 1.165) is 22.0 Å². The third-order valence-corrected chi connectivity index (χ3v) is 4.13. The summed E-state index contributed by atoms with van der Waals surface area (Å²) >= 11 is 1.69. The number of nitrogens with zero attached hydrogens (tertiary/aromatic N) is 1. The van der Waals surface area contributed by atoms with Crippen LogP contribution in [0.25, 0.3) is 10.9 Å². The van der Waals surface area contributed by atoms with Crippen LogP contribution in [0.4, 0.5) is 0 Å². The topological polar surface area (TPSA) is 33.1 Å². The van der Waals surface area contributed by atoms with Crippen molar-refractivity contribution < 1.29 is 5.11 Å². The van der Waals surface area contributed by atoms with Gasteiger partial charge in [-0.15, -0.1) is 11.8 Å². The summed E-state index contributed by atoms with van der Waals surface area (Å²) in [5.41, 5.74) is 2.59. The Hall–Kier alpha value is -1.84. The molecule has 2 nitrogen and oxygen atoms in total. The number of hydrogen-bond donors (Lipinski definition) is 1. The zero-order chi connectivity index (χ0) is 13.9. The molecule has 1 unspecified atom stereocenters. The van der Waals surface area contributed by atoms with Gasteiger partial charge in [0.25, 0.3) is 0 Å². The van der Waals surface area contributed by atoms with Gasteiger partial charge in [-0.3, -0.25) is 4.98 Å². The quantitative estimate of drug-likeness (QED) is 0.736. The van der Waals surface area contributed by atoms with Crippen LogP contribution in [0.1, 0.15) is 17.2 Å². The first-order chi connectivity index (χ1) is 9.79. The SMILES string of the molecule is CSc1ccc(C(O)c2cccc3cccnc23)cc1. The van der Waals surface area contributed by atoms with Gasteiger partial charge in [0.15, 0.2) is 0 Å². The van der Waals surface area contributed by atoms with Gasteiger partial charge in [0.2, 0.25) is 0 Å². The second-order valence-corrected chi connectivity index (χ2v) is 5.48. The normalized spacial score (nSPS) is 12.5. The van der Waals surface area contributed by atoms with Gasteiger partial charge in [0, 0.05) is 22.0 Å². The minimum Gasteiger partial charge on any atom is -0.384 e. The first kappa shape index (κ1) is 13.2. The highest BCUT2D eigenvalue weighted by molar-refractivity contribution is 7.98. The lowest BCUT2D eigenvalue weighted by Gasteiger charge is -2.13. The number of benzene rings is 2. The predicted octanol–water partition coefficient (Wildman–Crippen LogP) is 4.04. The van der Waals surface area contributed by atoms with Gasteiger partial charge in [0.05, 0.1) is 5.52 Å². The molecular formula is C17H15NOS. The van der Waals surface area contributed by atoms with Crippen molar-refractivity contribution in [1.29, 1.82) is 0 Å². The van der Waals surface area contributed by atoms with Crippen LogP contribution >= 0.6 is 11.8 Å². The number of aliphatic hydroxyl groups excluding tert-OH is 1. The largest absolute Gasteiger partial charge is 0.384 e. The van der Waals surface area contributed by atoms with Crippen molar-refractivity contribution in [2.24, 2.45) is 0 Å². The van der Waals surface area contributed by atoms with Gasteiger partial charge < -0.3 is 5.11 Å². The van der Waals surface area contributed by atoms with E-state index in [1.165, 1.54) is 4.90 Å². The molecule has 100 valence electrons. The summed E-state index contributed by atoms with van der Waals surface area (Å²) in [6.45, 7) is 0. The molecular weight excluding hydrogens is 266 g/mol. The van der Waals surface area contributed by atoms with Gasteiger partial charge in [-0.05, 0) is 30.0 Å². The molecule has 1 aromatic heterocycles. The number of aromatic nitrogens is 1. The Balaban J connectivity index is 2.05. The molecule has 1 N–H and O–H groups in total. The molecule has 0 aliphatic carbocycles. The van der Waals surface area contributed by atoms with E-state index >= 15 is 0 Å². The zero-order valence-electron chi connectivity index (χ0n) is 11.2. The second kappa shape index (κ2) is 5.65. The number of hydrogen-bond acceptors (Lipinski definition) is 3. The fraction of sp³-hybridized carbons (Fsp3) is 0.118. The van der Waals surface area contributed by atoms with E-state index in [9.17, 15) is 5.11 Å². The predicted molar refractivity (Wildman–Crippen MR) is 84.0 cm³/mol. The van der Waals surface area contributed by atoms with E-state index in [-0.39, 0.29) is 0 Å². The number of thioether (sulfide) groups is 1. The van der Waals surface area contributed by atoms with Crippen LogP contribution in [-0.4, -0.2) is 16.3 Å². The molecule has 3 rings (SSSR count). The average Bonchev–Trinajstić information content (AvgIpc) is 2.54. The van der Waals surface area contributed by atoms with E-state index < -0.39 is 6.10 Å². The average molecular weight is 281 g/mol. The summed E-state index contributed by atoms with van der Waals surface area (Å²) in [5, 5.41) is 11.7. The standard InChI is InChI=1S/C17H15NOS/c1-20-14-9-7-13(8-10-14)17(19)15-6-2-4-12-5-3-11-18-16(12)15/h2-11,17,19H,1H3. The lowest BCUT2D eigenvalue weighted by atomic mass is 9.99. The van der Waals surface area contributed by atoms with Crippen LogP contribution < -0.4 is 0 Å². The molecule has 0 bridgehead atoms. The molecule has 20 heavy (non-hydrogen) atoms. The fourth-order valence-electron chi connectivity index (χ4n) is 2.31. The number of para-hydroxylation sites is 1. The number of rotatable bonds is 3. The maximum Gasteiger partial charge on any atom is 0.106 e. The highest BCUT2D eigenvalue weighted by atomic mass is 32.2. The molecule has 3 aromatic rings. The molecule has 0 saturated carbocycles. The molecule has 0 amide bonds. The molecule has 0 saturated heterocycles. The summed E-state index contributed by atoms with van der Waals surface area (Å²) in [7, 11) is 0. The Morgan fingerprint density at radius 2 is 1.75 bits per heavy atom. The van der Waals surface area contributed by atoms with Crippen LogP contribution in [0.15, 0.2) is 65.7 Å². The van der Waals surface area contributed by atoms with Crippen molar-refractivity contribution in [3.8, 4) is 0 Å². The van der Waals surface area contributed by atoms with E-state index in [0.29, 0.717) is 0 Å². The van der Waals surface area contributed by atoms with Crippen molar-refractivity contribution in [3.05, 3.63) is 71.9 Å². The summed E-state index contributed by atoms with van der Waals surface area (Å²) in [5.74, 6) is 0. The number of fused-ring (bicyclic) bond motifs is 1. The Labute approximate surface area is 122 Å². The van der Waals surface area contributed by atoms with Crippen molar-refractivity contribution in [2.45, 2.75) is 11.0 Å².